The van der Waals surface area contributed by atoms with E-state index in [0.29, 0.717) is 11.8 Å². The van der Waals surface area contributed by atoms with Crippen LogP contribution in [0.15, 0.2) is 0 Å². The smallest absolute Gasteiger partial charge is 0.325 e. The highest BCUT2D eigenvalue weighted by Gasteiger charge is 2.16. The van der Waals surface area contributed by atoms with Crippen molar-refractivity contribution in [2.75, 3.05) is 11.9 Å². The van der Waals surface area contributed by atoms with Gasteiger partial charge in [-0.3, -0.25) is 9.59 Å². The molecule has 0 unspecified atom stereocenters. The summed E-state index contributed by atoms with van der Waals surface area (Å²) in [5.74, 6) is -0.576. The van der Waals surface area contributed by atoms with E-state index in [4.69, 9.17) is 4.74 Å². The second kappa shape index (κ2) is 6.01. The molecule has 0 fully saturated rings. The lowest BCUT2D eigenvalue weighted by Gasteiger charge is -2.19. The maximum Gasteiger partial charge on any atom is 0.325 e. The molecule has 0 bridgehead atoms. The molecule has 1 N–H and O–H groups in total. The van der Waals surface area contributed by atoms with Crippen LogP contribution < -0.4 is 5.32 Å². The Kier molecular flexibility index (Phi) is 5.76. The van der Waals surface area contributed by atoms with Gasteiger partial charge >= 0.3 is 5.97 Å². The summed E-state index contributed by atoms with van der Waals surface area (Å²) >= 11 is 3.13. The largest absolute Gasteiger partial charge is 0.459 e. The third-order valence-corrected chi connectivity index (χ3v) is 1.57. The number of carbonyl (C=O) groups excluding carboxylic acids is 2. The van der Waals surface area contributed by atoms with Crippen LogP contribution in [0.25, 0.3) is 0 Å². The van der Waals surface area contributed by atoms with Crippen LogP contribution in [0.3, 0.4) is 0 Å². The zero-order valence-electron chi connectivity index (χ0n) is 8.72. The second-order valence-electron chi connectivity index (χ2n) is 3.80. The molecule has 0 atom stereocenters. The van der Waals surface area contributed by atoms with E-state index in [0.717, 1.165) is 0 Å². The molecule has 0 radical (unpaired) electrons. The van der Waals surface area contributed by atoms with Gasteiger partial charge in [-0.1, -0.05) is 15.9 Å². The Hall–Kier alpha value is -0.580. The fourth-order valence-electron chi connectivity index (χ4n) is 0.723. The number of rotatable bonds is 4. The van der Waals surface area contributed by atoms with Crippen molar-refractivity contribution in [3.05, 3.63) is 0 Å². The summed E-state index contributed by atoms with van der Waals surface area (Å²) in [6.07, 6.45) is 0.364. The highest BCUT2D eigenvalue weighted by molar-refractivity contribution is 9.09. The number of esters is 1. The fourth-order valence-corrected chi connectivity index (χ4v) is 1.08. The molecule has 0 aromatic carbocycles. The molecule has 0 heterocycles. The fraction of sp³-hybridized carbons (Fsp3) is 0.778. The van der Waals surface area contributed by atoms with E-state index in [9.17, 15) is 9.59 Å². The average Bonchev–Trinajstić information content (AvgIpc) is 1.98. The van der Waals surface area contributed by atoms with Gasteiger partial charge in [0.05, 0.1) is 0 Å². The van der Waals surface area contributed by atoms with Gasteiger partial charge in [0.2, 0.25) is 5.91 Å². The van der Waals surface area contributed by atoms with Crippen molar-refractivity contribution in [3.63, 3.8) is 0 Å². The van der Waals surface area contributed by atoms with E-state index in [-0.39, 0.29) is 12.5 Å². The Morgan fingerprint density at radius 1 is 1.36 bits per heavy atom. The number of amides is 1. The molecule has 5 heteroatoms. The third-order valence-electron chi connectivity index (χ3n) is 1.17. The lowest BCUT2D eigenvalue weighted by Crippen LogP contribution is -2.34. The minimum Gasteiger partial charge on any atom is -0.459 e. The number of alkyl halides is 1. The van der Waals surface area contributed by atoms with Crippen LogP contribution >= 0.6 is 15.9 Å². The lowest BCUT2D eigenvalue weighted by molar-refractivity contribution is -0.154. The van der Waals surface area contributed by atoms with E-state index < -0.39 is 11.6 Å². The standard InChI is InChI=1S/C9H16BrNO3/c1-9(2,3)14-8(13)6-11-7(12)4-5-10/h4-6H2,1-3H3,(H,11,12). The van der Waals surface area contributed by atoms with Crippen LogP contribution in [-0.4, -0.2) is 29.4 Å². The number of halogens is 1. The summed E-state index contributed by atoms with van der Waals surface area (Å²) in [6.45, 7) is 5.28. The summed E-state index contributed by atoms with van der Waals surface area (Å²) in [6, 6.07) is 0. The van der Waals surface area contributed by atoms with Crippen LogP contribution in [0.4, 0.5) is 0 Å². The van der Waals surface area contributed by atoms with Gasteiger partial charge in [-0.15, -0.1) is 0 Å². The third kappa shape index (κ3) is 8.04. The Labute approximate surface area is 92.5 Å². The van der Waals surface area contributed by atoms with Crippen molar-refractivity contribution < 1.29 is 14.3 Å². The van der Waals surface area contributed by atoms with Gasteiger partial charge < -0.3 is 10.1 Å². The van der Waals surface area contributed by atoms with Crippen LogP contribution in [0.5, 0.6) is 0 Å². The van der Waals surface area contributed by atoms with Crippen molar-refractivity contribution in [3.8, 4) is 0 Å². The van der Waals surface area contributed by atoms with Crippen molar-refractivity contribution in [1.29, 1.82) is 0 Å². The van der Waals surface area contributed by atoms with Crippen LogP contribution in [-0.2, 0) is 14.3 Å². The zero-order chi connectivity index (χ0) is 11.2. The molecular weight excluding hydrogens is 250 g/mol. The number of hydrogen-bond acceptors (Lipinski definition) is 3. The quantitative estimate of drug-likeness (QED) is 0.615. The molecule has 14 heavy (non-hydrogen) atoms. The van der Waals surface area contributed by atoms with Crippen molar-refractivity contribution in [1.82, 2.24) is 5.32 Å². The molecule has 0 saturated heterocycles. The van der Waals surface area contributed by atoms with Gasteiger partial charge in [0.25, 0.3) is 0 Å². The van der Waals surface area contributed by atoms with Crippen molar-refractivity contribution >= 4 is 27.8 Å². The molecule has 0 aliphatic carbocycles. The van der Waals surface area contributed by atoms with Gasteiger partial charge in [0, 0.05) is 11.8 Å². The van der Waals surface area contributed by atoms with Crippen LogP contribution in [0.1, 0.15) is 27.2 Å². The molecular formula is C9H16BrNO3. The molecule has 0 aromatic heterocycles. The Bertz CT molecular complexity index is 211. The number of nitrogens with one attached hydrogen (secondary N) is 1. The Balaban J connectivity index is 3.70. The number of hydrogen-bond donors (Lipinski definition) is 1. The summed E-state index contributed by atoms with van der Waals surface area (Å²) in [5.41, 5.74) is -0.503. The SMILES string of the molecule is CC(C)(C)OC(=O)CNC(=O)CCBr. The van der Waals surface area contributed by atoms with Gasteiger partial charge in [-0.25, -0.2) is 0 Å². The first-order chi connectivity index (χ1) is 6.35. The van der Waals surface area contributed by atoms with Crippen molar-refractivity contribution in [2.24, 2.45) is 0 Å². The van der Waals surface area contributed by atoms with E-state index in [2.05, 4.69) is 21.2 Å². The first-order valence-corrected chi connectivity index (χ1v) is 5.52. The maximum absolute atomic E-state index is 11.1. The van der Waals surface area contributed by atoms with E-state index in [1.807, 2.05) is 0 Å². The zero-order valence-corrected chi connectivity index (χ0v) is 10.3. The molecule has 0 saturated carbocycles. The average molecular weight is 266 g/mol. The minimum absolute atomic E-state index is 0.0664. The monoisotopic (exact) mass is 265 g/mol. The van der Waals surface area contributed by atoms with Gasteiger partial charge in [0.15, 0.2) is 0 Å². The minimum atomic E-state index is -0.503. The Morgan fingerprint density at radius 2 is 1.93 bits per heavy atom. The molecule has 4 nitrogen and oxygen atoms in total. The van der Waals surface area contributed by atoms with Crippen molar-refractivity contribution in [2.45, 2.75) is 32.8 Å². The topological polar surface area (TPSA) is 55.4 Å². The van der Waals surface area contributed by atoms with Gasteiger partial charge in [-0.05, 0) is 20.8 Å². The van der Waals surface area contributed by atoms with E-state index >= 15 is 0 Å². The van der Waals surface area contributed by atoms with Gasteiger partial charge in [0.1, 0.15) is 12.1 Å². The molecule has 0 aliphatic rings. The highest BCUT2D eigenvalue weighted by Crippen LogP contribution is 2.06. The molecule has 0 spiro atoms. The summed E-state index contributed by atoms with van der Waals surface area (Å²) in [4.78, 5) is 22.1. The second-order valence-corrected chi connectivity index (χ2v) is 4.60. The number of carbonyl (C=O) groups is 2. The predicted molar refractivity (Wildman–Crippen MR) is 57.3 cm³/mol. The van der Waals surface area contributed by atoms with Crippen LogP contribution in [0.2, 0.25) is 0 Å². The first-order valence-electron chi connectivity index (χ1n) is 4.39. The lowest BCUT2D eigenvalue weighted by atomic mass is 10.2. The summed E-state index contributed by atoms with van der Waals surface area (Å²) in [7, 11) is 0. The highest BCUT2D eigenvalue weighted by atomic mass is 79.9. The maximum atomic E-state index is 11.1. The first kappa shape index (κ1) is 13.4. The van der Waals surface area contributed by atoms with E-state index in [1.54, 1.807) is 20.8 Å². The molecule has 0 aliphatic heterocycles. The normalized spacial score (nSPS) is 10.9. The molecule has 82 valence electrons. The van der Waals surface area contributed by atoms with Gasteiger partial charge in [-0.2, -0.15) is 0 Å². The van der Waals surface area contributed by atoms with E-state index in [1.165, 1.54) is 0 Å². The summed E-state index contributed by atoms with van der Waals surface area (Å²) in [5, 5.41) is 3.05. The molecule has 0 aromatic rings. The predicted octanol–water partition coefficient (Wildman–Crippen LogP) is 1.23. The molecule has 0 rings (SSSR count). The Morgan fingerprint density at radius 3 is 2.36 bits per heavy atom. The number of ether oxygens (including phenoxy) is 1. The molecule has 1 amide bonds. The van der Waals surface area contributed by atoms with Crippen LogP contribution in [0, 0.1) is 0 Å². The summed E-state index contributed by atoms with van der Waals surface area (Å²) < 4.78 is 5.00.